The van der Waals surface area contributed by atoms with Gasteiger partial charge in [-0.2, -0.15) is 0 Å². The summed E-state index contributed by atoms with van der Waals surface area (Å²) in [5.74, 6) is -2.84. The maximum absolute atomic E-state index is 10.2. The molecular formula is C15H20O7. The number of rotatable bonds is 3. The Bertz CT molecular complexity index is 434. The van der Waals surface area contributed by atoms with E-state index >= 15 is 0 Å². The van der Waals surface area contributed by atoms with E-state index in [2.05, 4.69) is 17.9 Å². The van der Waals surface area contributed by atoms with Crippen molar-refractivity contribution in [1.82, 2.24) is 0 Å². The molecule has 0 bridgehead atoms. The van der Waals surface area contributed by atoms with Crippen molar-refractivity contribution in [1.29, 1.82) is 0 Å². The number of aromatic carboxylic acids is 1. The first-order valence-corrected chi connectivity index (χ1v) is 5.65. The Hall–Kier alpha value is -2.93. The van der Waals surface area contributed by atoms with Crippen LogP contribution in [0.5, 0.6) is 0 Å². The quantitative estimate of drug-likeness (QED) is 0.731. The zero-order valence-electron chi connectivity index (χ0n) is 12.4. The molecule has 0 saturated carbocycles. The van der Waals surface area contributed by atoms with Crippen molar-refractivity contribution >= 4 is 17.9 Å². The first-order chi connectivity index (χ1) is 10.3. The zero-order chi connectivity index (χ0) is 18.0. The average molecular weight is 312 g/mol. The Morgan fingerprint density at radius 2 is 1.18 bits per heavy atom. The van der Waals surface area contributed by atoms with E-state index in [1.165, 1.54) is 0 Å². The topological polar surface area (TPSA) is 121 Å². The van der Waals surface area contributed by atoms with Gasteiger partial charge in [-0.15, -0.1) is 0 Å². The molecule has 0 saturated heterocycles. The van der Waals surface area contributed by atoms with Crippen LogP contribution in [0.1, 0.15) is 10.4 Å². The minimum Gasteiger partial charge on any atom is -0.478 e. The molecule has 122 valence electrons. The number of ether oxygens (including phenoxy) is 1. The molecule has 1 rings (SSSR count). The zero-order valence-corrected chi connectivity index (χ0v) is 12.4. The van der Waals surface area contributed by atoms with Gasteiger partial charge < -0.3 is 20.1 Å². The molecule has 0 aliphatic heterocycles. The van der Waals surface area contributed by atoms with Gasteiger partial charge >= 0.3 is 17.9 Å². The summed E-state index contributed by atoms with van der Waals surface area (Å²) < 4.78 is 4.25. The van der Waals surface area contributed by atoms with Crippen LogP contribution < -0.4 is 0 Å². The van der Waals surface area contributed by atoms with Crippen LogP contribution in [0.25, 0.3) is 0 Å². The minimum absolute atomic E-state index is 0.331. The van der Waals surface area contributed by atoms with Crippen LogP contribution >= 0.6 is 0 Å². The molecule has 1 aromatic rings. The lowest BCUT2D eigenvalue weighted by molar-refractivity contribution is -0.132. The number of carboxylic acid groups (broad SMARTS) is 3. The second-order valence-electron chi connectivity index (χ2n) is 3.16. The van der Waals surface area contributed by atoms with Crippen molar-refractivity contribution in [2.24, 2.45) is 0 Å². The van der Waals surface area contributed by atoms with Crippen molar-refractivity contribution in [3.8, 4) is 0 Å². The molecule has 1 aromatic carbocycles. The van der Waals surface area contributed by atoms with Crippen molar-refractivity contribution in [3.05, 3.63) is 61.2 Å². The molecule has 0 spiro atoms. The SMILES string of the molecule is C=CC(=O)O.C=CC(=O)O.COC.O=C(O)c1ccccc1. The van der Waals surface area contributed by atoms with Crippen LogP contribution in [0.4, 0.5) is 0 Å². The van der Waals surface area contributed by atoms with Crippen molar-refractivity contribution in [2.75, 3.05) is 14.2 Å². The summed E-state index contributed by atoms with van der Waals surface area (Å²) in [5, 5.41) is 23.6. The maximum Gasteiger partial charge on any atom is 0.335 e. The van der Waals surface area contributed by atoms with Crippen LogP contribution in [-0.2, 0) is 14.3 Å². The Morgan fingerprint density at radius 1 is 0.909 bits per heavy atom. The summed E-state index contributed by atoms with van der Waals surface area (Å²) in [6.45, 7) is 5.92. The summed E-state index contributed by atoms with van der Waals surface area (Å²) in [6.07, 6.45) is 1.67. The van der Waals surface area contributed by atoms with Crippen molar-refractivity contribution in [2.45, 2.75) is 0 Å². The lowest BCUT2D eigenvalue weighted by Gasteiger charge is -1.88. The molecule has 0 atom stereocenters. The van der Waals surface area contributed by atoms with Crippen LogP contribution in [0.15, 0.2) is 55.6 Å². The van der Waals surface area contributed by atoms with Gasteiger partial charge in [-0.25, -0.2) is 14.4 Å². The smallest absolute Gasteiger partial charge is 0.335 e. The van der Waals surface area contributed by atoms with Gasteiger partial charge in [0.2, 0.25) is 0 Å². The molecule has 22 heavy (non-hydrogen) atoms. The lowest BCUT2D eigenvalue weighted by atomic mass is 10.2. The third-order valence-electron chi connectivity index (χ3n) is 1.37. The third kappa shape index (κ3) is 25.8. The van der Waals surface area contributed by atoms with Gasteiger partial charge in [0.1, 0.15) is 0 Å². The predicted molar refractivity (Wildman–Crippen MR) is 82.0 cm³/mol. The molecule has 7 heteroatoms. The summed E-state index contributed by atoms with van der Waals surface area (Å²) in [7, 11) is 3.25. The lowest BCUT2D eigenvalue weighted by Crippen LogP contribution is -1.93. The molecule has 0 unspecified atom stereocenters. The van der Waals surface area contributed by atoms with Crippen LogP contribution in [0.2, 0.25) is 0 Å². The van der Waals surface area contributed by atoms with Crippen LogP contribution in [0, 0.1) is 0 Å². The first-order valence-electron chi connectivity index (χ1n) is 5.65. The maximum atomic E-state index is 10.2. The van der Waals surface area contributed by atoms with E-state index < -0.39 is 17.9 Å². The Balaban J connectivity index is -0.000000241. The number of carbonyl (C=O) groups is 3. The molecule has 0 aliphatic rings. The van der Waals surface area contributed by atoms with Crippen LogP contribution in [0.3, 0.4) is 0 Å². The van der Waals surface area contributed by atoms with Gasteiger partial charge in [0.25, 0.3) is 0 Å². The second-order valence-corrected chi connectivity index (χ2v) is 3.16. The summed E-state index contributed by atoms with van der Waals surface area (Å²) >= 11 is 0. The van der Waals surface area contributed by atoms with E-state index in [-0.39, 0.29) is 0 Å². The standard InChI is InChI=1S/C7H6O2.2C3H4O2.C2H6O/c8-7(9)6-4-2-1-3-5-6;2*1-2-3(4)5;1-3-2/h1-5H,(H,8,9);2*2H,1H2,(H,4,5);1-2H3. The molecule has 0 aromatic heterocycles. The molecule has 0 radical (unpaired) electrons. The highest BCUT2D eigenvalue weighted by Crippen LogP contribution is 1.96. The Labute approximate surface area is 128 Å². The van der Waals surface area contributed by atoms with Gasteiger partial charge in [-0.1, -0.05) is 31.4 Å². The highest BCUT2D eigenvalue weighted by atomic mass is 16.4. The van der Waals surface area contributed by atoms with Crippen LogP contribution in [-0.4, -0.2) is 47.4 Å². The molecule has 0 fully saturated rings. The van der Waals surface area contributed by atoms with Gasteiger partial charge in [0.05, 0.1) is 5.56 Å². The largest absolute Gasteiger partial charge is 0.478 e. The highest BCUT2D eigenvalue weighted by molar-refractivity contribution is 5.87. The predicted octanol–water partition coefficient (Wildman–Crippen LogP) is 2.16. The fraction of sp³-hybridized carbons (Fsp3) is 0.133. The Morgan fingerprint density at radius 3 is 1.32 bits per heavy atom. The number of hydrogen-bond donors (Lipinski definition) is 3. The summed E-state index contributed by atoms with van der Waals surface area (Å²) in [5.41, 5.74) is 0.331. The van der Waals surface area contributed by atoms with Gasteiger partial charge in [-0.05, 0) is 12.1 Å². The minimum atomic E-state index is -0.981. The second kappa shape index (κ2) is 18.1. The molecule has 7 nitrogen and oxygen atoms in total. The average Bonchev–Trinajstić information content (AvgIpc) is 2.50. The number of benzene rings is 1. The van der Waals surface area contributed by atoms with E-state index in [1.807, 2.05) is 0 Å². The normalized spacial score (nSPS) is 7.36. The van der Waals surface area contributed by atoms with E-state index in [4.69, 9.17) is 15.3 Å². The number of hydrogen-bond acceptors (Lipinski definition) is 4. The Kier molecular flexibility index (Phi) is 19.8. The van der Waals surface area contributed by atoms with E-state index in [9.17, 15) is 14.4 Å². The van der Waals surface area contributed by atoms with Gasteiger partial charge in [0, 0.05) is 26.4 Å². The van der Waals surface area contributed by atoms with E-state index in [0.717, 1.165) is 12.2 Å². The molecule has 0 aliphatic carbocycles. The third-order valence-corrected chi connectivity index (χ3v) is 1.37. The van der Waals surface area contributed by atoms with Gasteiger partial charge in [-0.3, -0.25) is 0 Å². The monoisotopic (exact) mass is 312 g/mol. The van der Waals surface area contributed by atoms with Crippen molar-refractivity contribution in [3.63, 3.8) is 0 Å². The molecule has 0 heterocycles. The summed E-state index contributed by atoms with van der Waals surface area (Å²) in [4.78, 5) is 28.7. The number of methoxy groups -OCH3 is 1. The number of aliphatic carboxylic acids is 2. The first kappa shape index (κ1) is 24.1. The van der Waals surface area contributed by atoms with Gasteiger partial charge in [0.15, 0.2) is 0 Å². The highest BCUT2D eigenvalue weighted by Gasteiger charge is 1.96. The van der Waals surface area contributed by atoms with Crippen molar-refractivity contribution < 1.29 is 34.4 Å². The number of carboxylic acids is 3. The summed E-state index contributed by atoms with van der Waals surface area (Å²) in [6, 6.07) is 8.30. The molecule has 3 N–H and O–H groups in total. The molecular weight excluding hydrogens is 292 g/mol. The fourth-order valence-corrected chi connectivity index (χ4v) is 0.581. The van der Waals surface area contributed by atoms with E-state index in [0.29, 0.717) is 5.56 Å². The van der Waals surface area contributed by atoms with E-state index in [1.54, 1.807) is 44.6 Å². The molecule has 0 amide bonds. The fourth-order valence-electron chi connectivity index (χ4n) is 0.581.